The van der Waals surface area contributed by atoms with E-state index >= 15 is 0 Å². The molecule has 7 nitrogen and oxygen atoms in total. The number of imidazole rings is 1. The number of nitrogens with one attached hydrogen (secondary N) is 2. The molecule has 4 aromatic rings. The van der Waals surface area contributed by atoms with E-state index in [4.69, 9.17) is 0 Å². The van der Waals surface area contributed by atoms with Crippen LogP contribution in [0.5, 0.6) is 0 Å². The van der Waals surface area contributed by atoms with Crippen molar-refractivity contribution < 1.29 is 14.0 Å². The van der Waals surface area contributed by atoms with E-state index in [0.717, 1.165) is 0 Å². The fourth-order valence-corrected chi connectivity index (χ4v) is 2.81. The van der Waals surface area contributed by atoms with E-state index in [0.29, 0.717) is 28.3 Å². The van der Waals surface area contributed by atoms with E-state index in [-0.39, 0.29) is 17.6 Å². The first kappa shape index (κ1) is 19.0. The molecule has 0 fully saturated rings. The molecule has 2 heterocycles. The maximum absolute atomic E-state index is 13.2. The van der Waals surface area contributed by atoms with E-state index < -0.39 is 0 Å². The minimum Gasteiger partial charge on any atom is -0.321 e. The first-order chi connectivity index (χ1) is 14.6. The Balaban J connectivity index is 1.45. The van der Waals surface area contributed by atoms with Crippen molar-refractivity contribution in [2.24, 2.45) is 0 Å². The number of carbonyl (C=O) groups is 2. The smallest absolute Gasteiger partial charge is 0.274 e. The average molecular weight is 401 g/mol. The Bertz CT molecular complexity index is 1170. The summed E-state index contributed by atoms with van der Waals surface area (Å²) in [6, 6.07) is 15.7. The number of benzene rings is 2. The minimum atomic E-state index is -0.385. The Morgan fingerprint density at radius 3 is 2.23 bits per heavy atom. The molecule has 0 bridgehead atoms. The van der Waals surface area contributed by atoms with Gasteiger partial charge >= 0.3 is 0 Å². The molecule has 0 radical (unpaired) electrons. The second-order valence-corrected chi connectivity index (χ2v) is 6.35. The molecule has 148 valence electrons. The molecular formula is C22H16FN5O2. The number of anilines is 2. The molecule has 0 saturated carbocycles. The van der Waals surface area contributed by atoms with E-state index in [2.05, 4.69) is 20.6 Å². The van der Waals surface area contributed by atoms with Gasteiger partial charge in [0.15, 0.2) is 0 Å². The highest BCUT2D eigenvalue weighted by molar-refractivity contribution is 6.05. The van der Waals surface area contributed by atoms with Gasteiger partial charge in [-0.3, -0.25) is 19.1 Å². The van der Waals surface area contributed by atoms with Crippen molar-refractivity contribution in [1.82, 2.24) is 14.5 Å². The van der Waals surface area contributed by atoms with Crippen molar-refractivity contribution in [2.45, 2.75) is 0 Å². The lowest BCUT2D eigenvalue weighted by atomic mass is 10.2. The van der Waals surface area contributed by atoms with Gasteiger partial charge in [0.05, 0.1) is 24.4 Å². The van der Waals surface area contributed by atoms with Crippen molar-refractivity contribution in [1.29, 1.82) is 0 Å². The zero-order chi connectivity index (χ0) is 20.9. The van der Waals surface area contributed by atoms with Gasteiger partial charge in [0.2, 0.25) is 0 Å². The summed E-state index contributed by atoms with van der Waals surface area (Å²) in [5.41, 5.74) is 2.45. The summed E-state index contributed by atoms with van der Waals surface area (Å²) < 4.78 is 14.7. The zero-order valence-corrected chi connectivity index (χ0v) is 15.6. The van der Waals surface area contributed by atoms with Gasteiger partial charge in [-0.25, -0.2) is 9.37 Å². The molecule has 30 heavy (non-hydrogen) atoms. The Labute approximate surface area is 171 Å². The van der Waals surface area contributed by atoms with Crippen molar-refractivity contribution in [2.75, 3.05) is 10.6 Å². The number of hydrogen-bond donors (Lipinski definition) is 2. The fourth-order valence-electron chi connectivity index (χ4n) is 2.81. The van der Waals surface area contributed by atoms with Crippen LogP contribution in [0.1, 0.15) is 20.8 Å². The minimum absolute atomic E-state index is 0.282. The number of nitrogens with zero attached hydrogens (tertiary/aromatic N) is 3. The van der Waals surface area contributed by atoms with E-state index in [1.165, 1.54) is 24.7 Å². The number of pyridine rings is 1. The average Bonchev–Trinajstić information content (AvgIpc) is 3.25. The number of hydrogen-bond acceptors (Lipinski definition) is 4. The molecule has 0 unspecified atom stereocenters. The Hall–Kier alpha value is -4.33. The molecule has 0 atom stereocenters. The van der Waals surface area contributed by atoms with Gasteiger partial charge in [0, 0.05) is 23.1 Å². The molecule has 0 aliphatic heterocycles. The van der Waals surface area contributed by atoms with Crippen LogP contribution in [0.15, 0.2) is 85.6 Å². The first-order valence-electron chi connectivity index (χ1n) is 9.01. The molecule has 0 aliphatic carbocycles. The number of amides is 2. The van der Waals surface area contributed by atoms with Gasteiger partial charge in [0.1, 0.15) is 11.5 Å². The van der Waals surface area contributed by atoms with Crippen molar-refractivity contribution >= 4 is 23.2 Å². The maximum Gasteiger partial charge on any atom is 0.274 e. The topological polar surface area (TPSA) is 88.9 Å². The van der Waals surface area contributed by atoms with Gasteiger partial charge in [-0.2, -0.15) is 0 Å². The maximum atomic E-state index is 13.2. The Morgan fingerprint density at radius 2 is 1.53 bits per heavy atom. The molecule has 2 N–H and O–H groups in total. The number of aromatic nitrogens is 3. The highest BCUT2D eigenvalue weighted by Gasteiger charge is 2.14. The van der Waals surface area contributed by atoms with Gasteiger partial charge in [0.25, 0.3) is 11.8 Å². The van der Waals surface area contributed by atoms with Gasteiger partial charge in [-0.15, -0.1) is 0 Å². The molecule has 0 aliphatic rings. The van der Waals surface area contributed by atoms with Gasteiger partial charge < -0.3 is 10.6 Å². The first-order valence-corrected chi connectivity index (χ1v) is 9.01. The lowest BCUT2D eigenvalue weighted by Crippen LogP contribution is -2.16. The summed E-state index contributed by atoms with van der Waals surface area (Å²) in [6.07, 6.45) is 6.08. The van der Waals surface area contributed by atoms with Crippen molar-refractivity contribution in [3.8, 4) is 5.69 Å². The second-order valence-electron chi connectivity index (χ2n) is 6.35. The molecule has 8 heteroatoms. The quantitative estimate of drug-likeness (QED) is 0.531. The molecule has 0 spiro atoms. The number of halogens is 1. The lowest BCUT2D eigenvalue weighted by Gasteiger charge is -2.10. The van der Waals surface area contributed by atoms with Crippen LogP contribution in [-0.2, 0) is 0 Å². The van der Waals surface area contributed by atoms with Crippen LogP contribution in [0.3, 0.4) is 0 Å². The predicted molar refractivity (Wildman–Crippen MR) is 110 cm³/mol. The third-order valence-electron chi connectivity index (χ3n) is 4.30. The number of carbonyl (C=O) groups excluding carboxylic acids is 2. The molecule has 2 aromatic heterocycles. The SMILES string of the molecule is O=C(Nc1cccnc1)c1ccc(NC(=O)c2cncn2-c2ccc(F)cc2)cc1. The van der Waals surface area contributed by atoms with E-state index in [1.54, 1.807) is 65.5 Å². The normalized spacial score (nSPS) is 10.4. The fraction of sp³-hybridized carbons (Fsp3) is 0. The second kappa shape index (κ2) is 8.36. The largest absolute Gasteiger partial charge is 0.321 e. The van der Waals surface area contributed by atoms with Crippen LogP contribution in [0.2, 0.25) is 0 Å². The van der Waals surface area contributed by atoms with Crippen LogP contribution in [-0.4, -0.2) is 26.3 Å². The Kier molecular flexibility index (Phi) is 5.29. The van der Waals surface area contributed by atoms with E-state index in [1.807, 2.05) is 0 Å². The van der Waals surface area contributed by atoms with E-state index in [9.17, 15) is 14.0 Å². The lowest BCUT2D eigenvalue weighted by molar-refractivity contribution is 0.101. The third-order valence-corrected chi connectivity index (χ3v) is 4.30. The monoisotopic (exact) mass is 401 g/mol. The summed E-state index contributed by atoms with van der Waals surface area (Å²) in [5, 5.41) is 5.51. The summed E-state index contributed by atoms with van der Waals surface area (Å²) in [6.45, 7) is 0. The standard InChI is InChI=1S/C22H16FN5O2/c23-16-5-9-19(10-6-16)28-14-25-13-20(28)22(30)26-17-7-3-15(4-8-17)21(29)27-18-2-1-11-24-12-18/h1-14H,(H,26,30)(H,27,29). The van der Waals surface area contributed by atoms with Gasteiger partial charge in [-0.1, -0.05) is 0 Å². The summed E-state index contributed by atoms with van der Waals surface area (Å²) in [5.74, 6) is -1.03. The van der Waals surface area contributed by atoms with Crippen molar-refractivity contribution in [3.05, 3.63) is 103 Å². The van der Waals surface area contributed by atoms with Crippen LogP contribution >= 0.6 is 0 Å². The highest BCUT2D eigenvalue weighted by atomic mass is 19.1. The van der Waals surface area contributed by atoms with Gasteiger partial charge in [-0.05, 0) is 60.7 Å². The summed E-state index contributed by atoms with van der Waals surface area (Å²) in [4.78, 5) is 32.9. The van der Waals surface area contributed by atoms with Crippen LogP contribution in [0.4, 0.5) is 15.8 Å². The number of rotatable bonds is 5. The molecule has 2 aromatic carbocycles. The van der Waals surface area contributed by atoms with Crippen molar-refractivity contribution in [3.63, 3.8) is 0 Å². The highest BCUT2D eigenvalue weighted by Crippen LogP contribution is 2.16. The third kappa shape index (κ3) is 4.22. The summed E-state index contributed by atoms with van der Waals surface area (Å²) >= 11 is 0. The van der Waals surface area contributed by atoms with Crippen LogP contribution in [0, 0.1) is 5.82 Å². The molecule has 4 rings (SSSR count). The summed E-state index contributed by atoms with van der Waals surface area (Å²) in [7, 11) is 0. The molecule has 2 amide bonds. The van der Waals surface area contributed by atoms with Crippen LogP contribution < -0.4 is 10.6 Å². The predicted octanol–water partition coefficient (Wildman–Crippen LogP) is 3.91. The zero-order valence-electron chi connectivity index (χ0n) is 15.6. The molecule has 0 saturated heterocycles. The Morgan fingerprint density at radius 1 is 0.800 bits per heavy atom. The van der Waals surface area contributed by atoms with Crippen LogP contribution in [0.25, 0.3) is 5.69 Å². The molecular weight excluding hydrogens is 385 g/mol.